The molecule has 1 saturated carbocycles. The van der Waals surface area contributed by atoms with Crippen LogP contribution in [-0.2, 0) is 26.8 Å². The fourth-order valence-corrected chi connectivity index (χ4v) is 8.65. The van der Waals surface area contributed by atoms with E-state index in [1.807, 2.05) is 132 Å². The number of phenolic OH excluding ortho intramolecular Hbond substituents is 1. The average Bonchev–Trinajstić information content (AvgIpc) is 3.27. The summed E-state index contributed by atoms with van der Waals surface area (Å²) in [5.74, 6) is 1.76. The Kier molecular flexibility index (Phi) is 13.9. The van der Waals surface area contributed by atoms with Crippen LogP contribution < -0.4 is 18.9 Å². The lowest BCUT2D eigenvalue weighted by Crippen LogP contribution is -2.54. The van der Waals surface area contributed by atoms with Gasteiger partial charge in [-0.15, -0.1) is 0 Å². The third-order valence-corrected chi connectivity index (χ3v) is 13.7. The lowest BCUT2D eigenvalue weighted by molar-refractivity contribution is -0.159. The molecule has 1 aliphatic rings. The van der Waals surface area contributed by atoms with E-state index < -0.39 is 22.6 Å². The largest absolute Gasteiger partial charge is 0.508 e. The van der Waals surface area contributed by atoms with Gasteiger partial charge in [-0.1, -0.05) is 121 Å². The monoisotopic (exact) mass is 838 g/mol. The predicted octanol–water partition coefficient (Wildman–Crippen LogP) is 13.3. The molecule has 7 heteroatoms. The number of aromatic hydroxyl groups is 1. The van der Waals surface area contributed by atoms with Crippen molar-refractivity contribution in [3.05, 3.63) is 149 Å². The standard InChI is InChI=1S/C55H66O7/c1-10-52(7,49(57)59-46-32-24-43(25-33-46)55(36-14-13-15-37-55)42-20-26-44(56)27-21-42)54(9,12-3)62-48-30-18-40(19-31-48)38-39-16-28-45(29-17-39)60-50(58)53(8,11-2)61-47-34-22-41(23-35-47)51(4,5)6/h16-35,56H,10-15,36-38H2,1-9H3. The second-order valence-electron chi connectivity index (χ2n) is 18.8. The summed E-state index contributed by atoms with van der Waals surface area (Å²) in [7, 11) is 0. The molecule has 0 amide bonds. The molecule has 3 atom stereocenters. The topological polar surface area (TPSA) is 91.3 Å². The molecule has 7 nitrogen and oxygen atoms in total. The van der Waals surface area contributed by atoms with Crippen LogP contribution in [0, 0.1) is 5.41 Å². The Morgan fingerprint density at radius 3 is 1.47 bits per heavy atom. The summed E-state index contributed by atoms with van der Waals surface area (Å²) in [6, 6.07) is 39.1. The van der Waals surface area contributed by atoms with Crippen molar-refractivity contribution in [3.63, 3.8) is 0 Å². The Morgan fingerprint density at radius 2 is 0.984 bits per heavy atom. The molecule has 0 radical (unpaired) electrons. The second-order valence-corrected chi connectivity index (χ2v) is 18.8. The number of phenols is 1. The van der Waals surface area contributed by atoms with Gasteiger partial charge in [0.1, 0.15) is 39.8 Å². The van der Waals surface area contributed by atoms with Crippen molar-refractivity contribution >= 4 is 11.9 Å². The first-order chi connectivity index (χ1) is 29.5. The molecule has 0 aromatic heterocycles. The van der Waals surface area contributed by atoms with Crippen LogP contribution in [0.3, 0.4) is 0 Å². The van der Waals surface area contributed by atoms with Crippen molar-refractivity contribution in [2.75, 3.05) is 0 Å². The van der Waals surface area contributed by atoms with Crippen LogP contribution in [0.1, 0.15) is 141 Å². The Bertz CT molecular complexity index is 2250. The molecule has 1 fully saturated rings. The zero-order chi connectivity index (χ0) is 44.8. The van der Waals surface area contributed by atoms with Gasteiger partial charge in [-0.25, -0.2) is 4.79 Å². The number of hydrogen-bond acceptors (Lipinski definition) is 7. The first-order valence-corrected chi connectivity index (χ1v) is 22.5. The molecular formula is C55H66O7. The molecule has 0 bridgehead atoms. The molecule has 62 heavy (non-hydrogen) atoms. The minimum absolute atomic E-state index is 0.0233. The van der Waals surface area contributed by atoms with Crippen LogP contribution in [0.5, 0.6) is 28.7 Å². The number of hydrogen-bond donors (Lipinski definition) is 1. The van der Waals surface area contributed by atoms with E-state index in [-0.39, 0.29) is 22.5 Å². The number of ether oxygens (including phenoxy) is 4. The van der Waals surface area contributed by atoms with Crippen LogP contribution in [0.15, 0.2) is 121 Å². The first kappa shape index (κ1) is 46.0. The molecule has 0 spiro atoms. The smallest absolute Gasteiger partial charge is 0.355 e. The van der Waals surface area contributed by atoms with E-state index in [9.17, 15) is 14.7 Å². The highest BCUT2D eigenvalue weighted by Crippen LogP contribution is 2.46. The Hall–Kier alpha value is -5.56. The highest BCUT2D eigenvalue weighted by molar-refractivity contribution is 5.82. The Morgan fingerprint density at radius 1 is 0.532 bits per heavy atom. The summed E-state index contributed by atoms with van der Waals surface area (Å²) in [5.41, 5.74) is 2.70. The maximum Gasteiger partial charge on any atom is 0.355 e. The van der Waals surface area contributed by atoms with Gasteiger partial charge < -0.3 is 24.1 Å². The van der Waals surface area contributed by atoms with Gasteiger partial charge in [-0.3, -0.25) is 4.79 Å². The van der Waals surface area contributed by atoms with Crippen LogP contribution in [-0.4, -0.2) is 28.2 Å². The van der Waals surface area contributed by atoms with Crippen LogP contribution in [0.2, 0.25) is 0 Å². The van der Waals surface area contributed by atoms with Crippen LogP contribution >= 0.6 is 0 Å². The fourth-order valence-electron chi connectivity index (χ4n) is 8.65. The maximum atomic E-state index is 14.1. The molecule has 0 saturated heterocycles. The minimum Gasteiger partial charge on any atom is -0.508 e. The van der Waals surface area contributed by atoms with Gasteiger partial charge in [0.05, 0.1) is 0 Å². The lowest BCUT2D eigenvalue weighted by Gasteiger charge is -2.43. The predicted molar refractivity (Wildman–Crippen MR) is 248 cm³/mol. The van der Waals surface area contributed by atoms with Gasteiger partial charge in [0, 0.05) is 5.41 Å². The fraction of sp³-hybridized carbons (Fsp3) is 0.418. The molecule has 0 aliphatic heterocycles. The van der Waals surface area contributed by atoms with Gasteiger partial charge >= 0.3 is 11.9 Å². The van der Waals surface area contributed by atoms with Crippen molar-refractivity contribution in [2.24, 2.45) is 5.41 Å². The minimum atomic E-state index is -1.14. The molecular weight excluding hydrogens is 773 g/mol. The quantitative estimate of drug-likeness (QED) is 0.0781. The van der Waals surface area contributed by atoms with Crippen molar-refractivity contribution in [1.29, 1.82) is 0 Å². The summed E-state index contributed by atoms with van der Waals surface area (Å²) >= 11 is 0. The summed E-state index contributed by atoms with van der Waals surface area (Å²) in [6.45, 7) is 18.1. The van der Waals surface area contributed by atoms with E-state index in [1.54, 1.807) is 19.1 Å². The van der Waals surface area contributed by atoms with Gasteiger partial charge in [0.15, 0.2) is 0 Å². The van der Waals surface area contributed by atoms with Crippen LogP contribution in [0.25, 0.3) is 0 Å². The van der Waals surface area contributed by atoms with Gasteiger partial charge in [-0.2, -0.15) is 0 Å². The number of carbonyl (C=O) groups is 2. The number of rotatable bonds is 16. The molecule has 5 aromatic carbocycles. The molecule has 1 N–H and O–H groups in total. The van der Waals surface area contributed by atoms with E-state index in [2.05, 4.69) is 32.9 Å². The maximum absolute atomic E-state index is 14.1. The zero-order valence-electron chi connectivity index (χ0n) is 38.3. The third kappa shape index (κ3) is 10.0. The van der Waals surface area contributed by atoms with Crippen molar-refractivity contribution in [3.8, 4) is 28.7 Å². The van der Waals surface area contributed by atoms with E-state index in [0.29, 0.717) is 48.7 Å². The van der Waals surface area contributed by atoms with Crippen molar-refractivity contribution in [2.45, 2.75) is 142 Å². The van der Waals surface area contributed by atoms with Gasteiger partial charge in [0.2, 0.25) is 5.60 Å². The zero-order valence-corrected chi connectivity index (χ0v) is 38.3. The van der Waals surface area contributed by atoms with Gasteiger partial charge in [-0.05, 0) is 153 Å². The number of esters is 2. The summed E-state index contributed by atoms with van der Waals surface area (Å²) < 4.78 is 24.9. The lowest BCUT2D eigenvalue weighted by atomic mass is 9.65. The van der Waals surface area contributed by atoms with E-state index in [4.69, 9.17) is 18.9 Å². The highest BCUT2D eigenvalue weighted by Gasteiger charge is 2.51. The summed E-state index contributed by atoms with van der Waals surface area (Å²) in [4.78, 5) is 27.5. The van der Waals surface area contributed by atoms with Crippen molar-refractivity contribution < 1.29 is 33.6 Å². The first-order valence-electron chi connectivity index (χ1n) is 22.5. The third-order valence-electron chi connectivity index (χ3n) is 13.7. The SMILES string of the molecule is CCC(C)(Oc1ccc(C(C)(C)C)cc1)C(=O)Oc1ccc(Cc2ccc(OC(C)(CC)C(C)(CC)C(=O)Oc3ccc(C4(c5ccc(O)cc5)CCCCC4)cc3)cc2)cc1. The Labute approximate surface area is 369 Å². The van der Waals surface area contributed by atoms with Gasteiger partial charge in [0.25, 0.3) is 0 Å². The molecule has 0 heterocycles. The summed E-state index contributed by atoms with van der Waals surface area (Å²) in [6.07, 6.45) is 7.81. The molecule has 5 aromatic rings. The normalized spacial score (nSPS) is 16.8. The second kappa shape index (κ2) is 18.8. The molecule has 328 valence electrons. The van der Waals surface area contributed by atoms with E-state index in [0.717, 1.165) is 36.8 Å². The summed E-state index contributed by atoms with van der Waals surface area (Å²) in [5, 5.41) is 9.95. The van der Waals surface area contributed by atoms with E-state index in [1.165, 1.54) is 23.1 Å². The number of carbonyl (C=O) groups excluding carboxylic acids is 2. The van der Waals surface area contributed by atoms with Crippen LogP contribution in [0.4, 0.5) is 0 Å². The van der Waals surface area contributed by atoms with E-state index >= 15 is 0 Å². The molecule has 1 aliphatic carbocycles. The number of benzene rings is 5. The highest BCUT2D eigenvalue weighted by atomic mass is 16.6. The van der Waals surface area contributed by atoms with Crippen molar-refractivity contribution in [1.82, 2.24) is 0 Å². The average molecular weight is 839 g/mol. The molecule has 6 rings (SSSR count). The molecule has 3 unspecified atom stereocenters. The Balaban J connectivity index is 1.06.